The molecule has 1 saturated carbocycles. The zero-order chi connectivity index (χ0) is 21.9. The summed E-state index contributed by atoms with van der Waals surface area (Å²) in [6.07, 6.45) is 19.5. The third kappa shape index (κ3) is 7.89. The van der Waals surface area contributed by atoms with Crippen LogP contribution in [-0.2, 0) is 6.42 Å². The molecule has 3 nitrogen and oxygen atoms in total. The van der Waals surface area contributed by atoms with E-state index in [0.717, 1.165) is 34.5 Å². The zero-order valence-corrected chi connectivity index (χ0v) is 21.0. The van der Waals surface area contributed by atoms with Gasteiger partial charge < -0.3 is 4.74 Å². The van der Waals surface area contributed by atoms with E-state index >= 15 is 0 Å². The largest absolute Gasteiger partial charge is 0.463 e. The van der Waals surface area contributed by atoms with Crippen LogP contribution >= 0.6 is 15.9 Å². The number of unbranched alkanes of at least 4 members (excludes halogenated alkanes) is 4. The number of halogens is 1. The third-order valence-electron chi connectivity index (χ3n) is 6.67. The van der Waals surface area contributed by atoms with E-state index in [0.29, 0.717) is 11.9 Å². The van der Waals surface area contributed by atoms with E-state index in [1.54, 1.807) is 0 Å². The molecular weight excluding hydrogens is 448 g/mol. The molecule has 4 heteroatoms. The molecule has 0 N–H and O–H groups in total. The van der Waals surface area contributed by atoms with E-state index in [4.69, 9.17) is 4.74 Å². The minimum absolute atomic E-state index is 0.501. The van der Waals surface area contributed by atoms with Crippen molar-refractivity contribution in [1.82, 2.24) is 9.97 Å². The molecule has 1 heterocycles. The summed E-state index contributed by atoms with van der Waals surface area (Å²) in [6.45, 7) is 5.27. The first kappa shape index (κ1) is 24.2. The molecule has 0 unspecified atom stereocenters. The van der Waals surface area contributed by atoms with Crippen molar-refractivity contribution in [2.45, 2.75) is 90.9 Å². The van der Waals surface area contributed by atoms with E-state index in [-0.39, 0.29) is 0 Å². The smallest absolute Gasteiger partial charge is 0.316 e. The first-order chi connectivity index (χ1) is 15.2. The van der Waals surface area contributed by atoms with Crippen molar-refractivity contribution in [2.24, 2.45) is 11.8 Å². The summed E-state index contributed by atoms with van der Waals surface area (Å²) in [5, 5.41) is 0. The van der Waals surface area contributed by atoms with Crippen molar-refractivity contribution in [3.05, 3.63) is 40.6 Å². The molecule has 170 valence electrons. The lowest BCUT2D eigenvalue weighted by Crippen LogP contribution is -2.20. The molecule has 0 spiro atoms. The average Bonchev–Trinajstić information content (AvgIpc) is 2.79. The first-order valence-electron chi connectivity index (χ1n) is 12.4. The number of rotatable bonds is 12. The maximum atomic E-state index is 5.94. The van der Waals surface area contributed by atoms with Crippen molar-refractivity contribution in [3.8, 4) is 17.1 Å². The van der Waals surface area contributed by atoms with Gasteiger partial charge >= 0.3 is 6.01 Å². The normalized spacial score (nSPS) is 18.8. The number of benzene rings is 1. The molecule has 0 aliphatic heterocycles. The second-order valence-electron chi connectivity index (χ2n) is 9.22. The molecule has 0 bridgehead atoms. The summed E-state index contributed by atoms with van der Waals surface area (Å²) in [7, 11) is 0. The number of hydrogen-bond donors (Lipinski definition) is 0. The van der Waals surface area contributed by atoms with E-state index in [9.17, 15) is 0 Å². The predicted molar refractivity (Wildman–Crippen MR) is 133 cm³/mol. The van der Waals surface area contributed by atoms with Gasteiger partial charge in [-0.1, -0.05) is 93.3 Å². The fraction of sp³-hybridized carbons (Fsp3) is 0.630. The van der Waals surface area contributed by atoms with Crippen molar-refractivity contribution in [1.29, 1.82) is 0 Å². The monoisotopic (exact) mass is 486 g/mol. The Hall–Kier alpha value is -1.42. The number of nitrogens with zero attached hydrogens (tertiary/aromatic N) is 2. The van der Waals surface area contributed by atoms with Crippen molar-refractivity contribution in [2.75, 3.05) is 6.61 Å². The van der Waals surface area contributed by atoms with E-state index in [1.165, 1.54) is 76.2 Å². The maximum absolute atomic E-state index is 5.94. The Morgan fingerprint density at radius 1 is 0.903 bits per heavy atom. The van der Waals surface area contributed by atoms with Crippen LogP contribution < -0.4 is 4.74 Å². The highest BCUT2D eigenvalue weighted by Gasteiger charge is 2.21. The van der Waals surface area contributed by atoms with Crippen molar-refractivity contribution < 1.29 is 4.74 Å². The number of hydrogen-bond acceptors (Lipinski definition) is 3. The lowest BCUT2D eigenvalue weighted by molar-refractivity contribution is 0.169. The molecule has 0 saturated heterocycles. The summed E-state index contributed by atoms with van der Waals surface area (Å²) < 4.78 is 7.05. The highest BCUT2D eigenvalue weighted by molar-refractivity contribution is 9.10. The Morgan fingerprint density at radius 2 is 1.58 bits per heavy atom. The zero-order valence-electron chi connectivity index (χ0n) is 19.4. The molecule has 1 aromatic carbocycles. The van der Waals surface area contributed by atoms with E-state index in [1.807, 2.05) is 12.4 Å². The van der Waals surface area contributed by atoms with E-state index < -0.39 is 0 Å². The van der Waals surface area contributed by atoms with Gasteiger partial charge in [-0.2, -0.15) is 0 Å². The van der Waals surface area contributed by atoms with Crippen molar-refractivity contribution >= 4 is 15.9 Å². The van der Waals surface area contributed by atoms with Gasteiger partial charge in [0.2, 0.25) is 0 Å². The van der Waals surface area contributed by atoms with Crippen LogP contribution in [0.1, 0.15) is 90.0 Å². The first-order valence-corrected chi connectivity index (χ1v) is 13.2. The van der Waals surface area contributed by atoms with Gasteiger partial charge in [-0.25, -0.2) is 9.97 Å². The topological polar surface area (TPSA) is 35.0 Å². The molecule has 3 rings (SSSR count). The van der Waals surface area contributed by atoms with Gasteiger partial charge in [-0.05, 0) is 54.7 Å². The third-order valence-corrected chi connectivity index (χ3v) is 7.33. The average molecular weight is 488 g/mol. The van der Waals surface area contributed by atoms with Gasteiger partial charge in [-0.15, -0.1) is 0 Å². The van der Waals surface area contributed by atoms with Crippen LogP contribution in [-0.4, -0.2) is 16.6 Å². The van der Waals surface area contributed by atoms with Crippen LogP contribution in [0.15, 0.2) is 35.1 Å². The standard InChI is InChI=1S/C27H39BrN2O/c1-3-5-7-9-21-11-13-23(14-12-21)20-31-27-29-18-24(19-30-27)25-16-15-22(17-26(25)28)10-8-6-4-2/h15-19,21,23H,3-14,20H2,1-2H3. The molecule has 1 fully saturated rings. The molecule has 0 atom stereocenters. The summed E-state index contributed by atoms with van der Waals surface area (Å²) in [5.41, 5.74) is 3.53. The predicted octanol–water partition coefficient (Wildman–Crippen LogP) is 8.40. The SMILES string of the molecule is CCCCCc1ccc(-c2cnc(OCC3CCC(CCCCC)CC3)nc2)c(Br)c1. The van der Waals surface area contributed by atoms with Gasteiger partial charge in [0.15, 0.2) is 0 Å². The van der Waals surface area contributed by atoms with Crippen LogP contribution in [0.5, 0.6) is 6.01 Å². The minimum Gasteiger partial charge on any atom is -0.463 e. The Kier molecular flexibility index (Phi) is 10.3. The van der Waals surface area contributed by atoms with Crippen molar-refractivity contribution in [3.63, 3.8) is 0 Å². The Labute approximate surface area is 197 Å². The highest BCUT2D eigenvalue weighted by Crippen LogP contribution is 2.33. The van der Waals surface area contributed by atoms with Gasteiger partial charge in [0.1, 0.15) is 0 Å². The summed E-state index contributed by atoms with van der Waals surface area (Å²) in [4.78, 5) is 8.95. The maximum Gasteiger partial charge on any atom is 0.316 e. The van der Waals surface area contributed by atoms with Gasteiger partial charge in [0.05, 0.1) is 6.61 Å². The van der Waals surface area contributed by atoms with E-state index in [2.05, 4.69) is 57.9 Å². The van der Waals surface area contributed by atoms with Gasteiger partial charge in [0.25, 0.3) is 0 Å². The summed E-state index contributed by atoms with van der Waals surface area (Å²) in [6, 6.07) is 7.12. The lowest BCUT2D eigenvalue weighted by atomic mass is 9.80. The summed E-state index contributed by atoms with van der Waals surface area (Å²) in [5.74, 6) is 1.59. The molecule has 0 radical (unpaired) electrons. The Balaban J connectivity index is 1.45. The second kappa shape index (κ2) is 13.2. The minimum atomic E-state index is 0.501. The fourth-order valence-electron chi connectivity index (χ4n) is 4.62. The molecule has 2 aromatic rings. The number of aryl methyl sites for hydroxylation is 1. The molecule has 1 aliphatic carbocycles. The van der Waals surface area contributed by atoms with Crippen LogP contribution in [0.4, 0.5) is 0 Å². The lowest BCUT2D eigenvalue weighted by Gasteiger charge is -2.28. The highest BCUT2D eigenvalue weighted by atomic mass is 79.9. The molecule has 1 aliphatic rings. The molecule has 31 heavy (non-hydrogen) atoms. The quantitative estimate of drug-likeness (QED) is 0.282. The van der Waals surface area contributed by atoms with Crippen LogP contribution in [0.25, 0.3) is 11.1 Å². The number of aromatic nitrogens is 2. The molecular formula is C27H39BrN2O. The van der Waals surface area contributed by atoms with Gasteiger partial charge in [0, 0.05) is 22.4 Å². The van der Waals surface area contributed by atoms with Crippen LogP contribution in [0.2, 0.25) is 0 Å². The number of ether oxygens (including phenoxy) is 1. The summed E-state index contributed by atoms with van der Waals surface area (Å²) >= 11 is 3.73. The Morgan fingerprint density at radius 3 is 2.26 bits per heavy atom. The second-order valence-corrected chi connectivity index (χ2v) is 10.1. The molecule has 1 aromatic heterocycles. The Bertz CT molecular complexity index is 769. The van der Waals surface area contributed by atoms with Crippen LogP contribution in [0.3, 0.4) is 0 Å². The fourth-order valence-corrected chi connectivity index (χ4v) is 5.27. The van der Waals surface area contributed by atoms with Gasteiger partial charge in [-0.3, -0.25) is 0 Å². The molecule has 0 amide bonds. The van der Waals surface area contributed by atoms with Crippen LogP contribution in [0, 0.1) is 11.8 Å².